The van der Waals surface area contributed by atoms with E-state index < -0.39 is 17.7 Å². The minimum Gasteiger partial charge on any atom is -0.387 e. The highest BCUT2D eigenvalue weighted by molar-refractivity contribution is 5.21. The minimum atomic E-state index is -1.04. The standard InChI is InChI=1S/C15H22F2N2O/c1-10(19(2)12-4-5-12)8-18-9-15(20)13-7-11(16)3-6-14(13)17/h3,6-7,10,12,15,18,20H,4-5,8-9H2,1-2H3. The van der Waals surface area contributed by atoms with E-state index in [1.54, 1.807) is 0 Å². The largest absolute Gasteiger partial charge is 0.387 e. The van der Waals surface area contributed by atoms with Crippen molar-refractivity contribution in [2.45, 2.75) is 38.0 Å². The molecular weight excluding hydrogens is 262 g/mol. The summed E-state index contributed by atoms with van der Waals surface area (Å²) in [6, 6.07) is 4.16. The van der Waals surface area contributed by atoms with Crippen LogP contribution in [-0.2, 0) is 0 Å². The van der Waals surface area contributed by atoms with Gasteiger partial charge in [-0.25, -0.2) is 8.78 Å². The average Bonchev–Trinajstić information content (AvgIpc) is 3.24. The Morgan fingerprint density at radius 2 is 2.05 bits per heavy atom. The second-order valence-corrected chi connectivity index (χ2v) is 5.59. The topological polar surface area (TPSA) is 35.5 Å². The molecule has 0 heterocycles. The van der Waals surface area contributed by atoms with Crippen LogP contribution in [0.1, 0.15) is 31.4 Å². The Kier molecular flexibility index (Phi) is 5.07. The zero-order chi connectivity index (χ0) is 14.7. The molecule has 0 saturated heterocycles. The van der Waals surface area contributed by atoms with E-state index in [1.807, 2.05) is 0 Å². The number of likely N-dealkylation sites (N-methyl/N-ethyl adjacent to an activating group) is 1. The number of nitrogens with zero attached hydrogens (tertiary/aromatic N) is 1. The van der Waals surface area contributed by atoms with E-state index in [4.69, 9.17) is 0 Å². The molecule has 1 aliphatic carbocycles. The Bertz CT molecular complexity index is 451. The van der Waals surface area contributed by atoms with Gasteiger partial charge < -0.3 is 10.4 Å². The smallest absolute Gasteiger partial charge is 0.129 e. The lowest BCUT2D eigenvalue weighted by molar-refractivity contribution is 0.162. The first-order valence-corrected chi connectivity index (χ1v) is 7.04. The van der Waals surface area contributed by atoms with Crippen LogP contribution in [0.25, 0.3) is 0 Å². The third-order valence-corrected chi connectivity index (χ3v) is 3.91. The van der Waals surface area contributed by atoms with Gasteiger partial charge in [0.05, 0.1) is 6.10 Å². The van der Waals surface area contributed by atoms with E-state index in [2.05, 4.69) is 24.2 Å². The lowest BCUT2D eigenvalue weighted by atomic mass is 10.1. The van der Waals surface area contributed by atoms with E-state index in [0.29, 0.717) is 18.6 Å². The van der Waals surface area contributed by atoms with Crippen LogP contribution in [0.4, 0.5) is 8.78 Å². The van der Waals surface area contributed by atoms with Crippen LogP contribution in [0.2, 0.25) is 0 Å². The van der Waals surface area contributed by atoms with E-state index >= 15 is 0 Å². The predicted octanol–water partition coefficient (Wildman–Crippen LogP) is 2.07. The first-order chi connectivity index (χ1) is 9.49. The zero-order valence-electron chi connectivity index (χ0n) is 11.9. The van der Waals surface area contributed by atoms with E-state index in [1.165, 1.54) is 12.8 Å². The van der Waals surface area contributed by atoms with Gasteiger partial charge in [0.15, 0.2) is 0 Å². The van der Waals surface area contributed by atoms with Crippen molar-refractivity contribution in [3.63, 3.8) is 0 Å². The van der Waals surface area contributed by atoms with E-state index in [-0.39, 0.29) is 12.1 Å². The molecule has 1 saturated carbocycles. The summed E-state index contributed by atoms with van der Waals surface area (Å²) in [5.74, 6) is -1.12. The molecule has 0 aliphatic heterocycles. The van der Waals surface area contributed by atoms with Crippen molar-refractivity contribution in [3.8, 4) is 0 Å². The third kappa shape index (κ3) is 3.98. The van der Waals surface area contributed by atoms with Crippen molar-refractivity contribution < 1.29 is 13.9 Å². The van der Waals surface area contributed by atoms with Crippen LogP contribution in [-0.4, -0.2) is 42.2 Å². The molecule has 1 fully saturated rings. The predicted molar refractivity (Wildman–Crippen MR) is 74.4 cm³/mol. The molecule has 2 N–H and O–H groups in total. The summed E-state index contributed by atoms with van der Waals surface area (Å²) in [6.07, 6.45) is 1.46. The van der Waals surface area contributed by atoms with Crippen molar-refractivity contribution in [2.75, 3.05) is 20.1 Å². The molecule has 112 valence electrons. The maximum atomic E-state index is 13.5. The van der Waals surface area contributed by atoms with Crippen molar-refractivity contribution >= 4 is 0 Å². The maximum Gasteiger partial charge on any atom is 0.129 e. The summed E-state index contributed by atoms with van der Waals surface area (Å²) >= 11 is 0. The Hall–Kier alpha value is -1.04. The van der Waals surface area contributed by atoms with E-state index in [9.17, 15) is 13.9 Å². The Balaban J connectivity index is 1.79. The summed E-state index contributed by atoms with van der Waals surface area (Å²) in [7, 11) is 2.09. The summed E-state index contributed by atoms with van der Waals surface area (Å²) in [4.78, 5) is 2.31. The SMILES string of the molecule is CC(CNCC(O)c1cc(F)ccc1F)N(C)C1CC1. The number of hydrogen-bond acceptors (Lipinski definition) is 3. The lowest BCUT2D eigenvalue weighted by Crippen LogP contribution is -2.40. The van der Waals surface area contributed by atoms with Gasteiger partial charge in [-0.15, -0.1) is 0 Å². The molecule has 1 aliphatic rings. The number of aliphatic hydroxyl groups excluding tert-OH is 1. The van der Waals surface area contributed by atoms with Crippen LogP contribution in [0.5, 0.6) is 0 Å². The third-order valence-electron chi connectivity index (χ3n) is 3.91. The molecule has 2 rings (SSSR count). The molecule has 2 unspecified atom stereocenters. The van der Waals surface area contributed by atoms with Crippen LogP contribution in [0.3, 0.4) is 0 Å². The monoisotopic (exact) mass is 284 g/mol. The van der Waals surface area contributed by atoms with Gasteiger partial charge in [-0.3, -0.25) is 4.90 Å². The molecule has 1 aromatic rings. The summed E-state index contributed by atoms with van der Waals surface area (Å²) in [6.45, 7) is 3.03. The molecule has 0 amide bonds. The highest BCUT2D eigenvalue weighted by Gasteiger charge is 2.28. The molecule has 0 aromatic heterocycles. The number of benzene rings is 1. The molecule has 3 nitrogen and oxygen atoms in total. The fourth-order valence-electron chi connectivity index (χ4n) is 2.29. The fourth-order valence-corrected chi connectivity index (χ4v) is 2.29. The van der Waals surface area contributed by atoms with Crippen LogP contribution >= 0.6 is 0 Å². The van der Waals surface area contributed by atoms with Gasteiger partial charge in [-0.1, -0.05) is 0 Å². The minimum absolute atomic E-state index is 0.000649. The van der Waals surface area contributed by atoms with Crippen molar-refractivity contribution in [2.24, 2.45) is 0 Å². The molecule has 20 heavy (non-hydrogen) atoms. The second kappa shape index (κ2) is 6.61. The van der Waals surface area contributed by atoms with Crippen LogP contribution in [0.15, 0.2) is 18.2 Å². The Morgan fingerprint density at radius 1 is 1.35 bits per heavy atom. The molecule has 1 aromatic carbocycles. The van der Waals surface area contributed by atoms with Crippen molar-refractivity contribution in [1.82, 2.24) is 10.2 Å². The molecule has 5 heteroatoms. The molecule has 0 radical (unpaired) electrons. The van der Waals surface area contributed by atoms with Gasteiger partial charge >= 0.3 is 0 Å². The van der Waals surface area contributed by atoms with Crippen LogP contribution < -0.4 is 5.32 Å². The Labute approximate surface area is 118 Å². The van der Waals surface area contributed by atoms with Gasteiger partial charge in [-0.2, -0.15) is 0 Å². The molecule has 2 atom stereocenters. The summed E-state index contributed by atoms with van der Waals surface area (Å²) < 4.78 is 26.5. The number of rotatable bonds is 7. The number of nitrogens with one attached hydrogen (secondary N) is 1. The van der Waals surface area contributed by atoms with Gasteiger partial charge in [0.25, 0.3) is 0 Å². The molecular formula is C15H22F2N2O. The zero-order valence-corrected chi connectivity index (χ0v) is 11.9. The van der Waals surface area contributed by atoms with Crippen LogP contribution in [0, 0.1) is 11.6 Å². The quantitative estimate of drug-likeness (QED) is 0.804. The first-order valence-electron chi connectivity index (χ1n) is 7.04. The average molecular weight is 284 g/mol. The van der Waals surface area contributed by atoms with Gasteiger partial charge in [0.1, 0.15) is 11.6 Å². The summed E-state index contributed by atoms with van der Waals surface area (Å²) in [5, 5.41) is 13.0. The Morgan fingerprint density at radius 3 is 2.70 bits per heavy atom. The molecule has 0 spiro atoms. The van der Waals surface area contributed by atoms with Gasteiger partial charge in [0, 0.05) is 30.7 Å². The summed E-state index contributed by atoms with van der Waals surface area (Å²) in [5.41, 5.74) is 0.000649. The fraction of sp³-hybridized carbons (Fsp3) is 0.600. The number of aliphatic hydroxyl groups is 1. The normalized spacial score (nSPS) is 18.3. The maximum absolute atomic E-state index is 13.5. The lowest BCUT2D eigenvalue weighted by Gasteiger charge is -2.25. The van der Waals surface area contributed by atoms with Gasteiger partial charge in [-0.05, 0) is 45.0 Å². The van der Waals surface area contributed by atoms with Gasteiger partial charge in [0.2, 0.25) is 0 Å². The number of halogens is 2. The highest BCUT2D eigenvalue weighted by Crippen LogP contribution is 2.26. The highest BCUT2D eigenvalue weighted by atomic mass is 19.1. The van der Waals surface area contributed by atoms with E-state index in [0.717, 1.165) is 18.2 Å². The number of hydrogen-bond donors (Lipinski definition) is 2. The first kappa shape index (κ1) is 15.4. The second-order valence-electron chi connectivity index (χ2n) is 5.59. The van der Waals surface area contributed by atoms with Crippen molar-refractivity contribution in [3.05, 3.63) is 35.4 Å². The van der Waals surface area contributed by atoms with Crippen molar-refractivity contribution in [1.29, 1.82) is 0 Å². The molecule has 0 bridgehead atoms.